The molecule has 0 saturated carbocycles. The Hall–Kier alpha value is -3.40. The third-order valence-electron chi connectivity index (χ3n) is 6.08. The largest absolute Gasteiger partial charge is 0.342 e. The number of carbonyl (C=O) groups is 1. The molecule has 0 radical (unpaired) electrons. The van der Waals surface area contributed by atoms with Crippen LogP contribution in [0.2, 0.25) is 0 Å². The van der Waals surface area contributed by atoms with Crippen molar-refractivity contribution in [3.05, 3.63) is 101 Å². The first-order valence-electron chi connectivity index (χ1n) is 11.8. The van der Waals surface area contributed by atoms with Gasteiger partial charge in [0, 0.05) is 12.1 Å². The van der Waals surface area contributed by atoms with Gasteiger partial charge in [0.25, 0.3) is 5.91 Å². The van der Waals surface area contributed by atoms with Gasteiger partial charge in [-0.05, 0) is 47.2 Å². The van der Waals surface area contributed by atoms with Crippen LogP contribution in [0.1, 0.15) is 73.9 Å². The lowest BCUT2D eigenvalue weighted by Crippen LogP contribution is -2.30. The number of benzene rings is 3. The SMILES string of the molecule is CCC[C@@H](NC(=O)c1ccccc1)c1nc2ccccc2n1Cc1ccc(C(C)(C)C)cc1. The fourth-order valence-electron chi connectivity index (χ4n) is 4.20. The highest BCUT2D eigenvalue weighted by Gasteiger charge is 2.22. The number of hydrogen-bond acceptors (Lipinski definition) is 2. The molecule has 0 saturated heterocycles. The molecular formula is C29H33N3O. The Balaban J connectivity index is 1.70. The summed E-state index contributed by atoms with van der Waals surface area (Å²) >= 11 is 0. The van der Waals surface area contributed by atoms with E-state index in [4.69, 9.17) is 4.98 Å². The number of amides is 1. The van der Waals surface area contributed by atoms with Crippen molar-refractivity contribution in [2.45, 2.75) is 58.5 Å². The van der Waals surface area contributed by atoms with E-state index in [0.29, 0.717) is 12.1 Å². The summed E-state index contributed by atoms with van der Waals surface area (Å²) in [6.07, 6.45) is 1.77. The Morgan fingerprint density at radius 3 is 2.27 bits per heavy atom. The van der Waals surface area contributed by atoms with Gasteiger partial charge in [-0.2, -0.15) is 0 Å². The van der Waals surface area contributed by atoms with Crippen molar-refractivity contribution in [2.24, 2.45) is 0 Å². The van der Waals surface area contributed by atoms with Gasteiger partial charge in [-0.25, -0.2) is 4.98 Å². The zero-order valence-electron chi connectivity index (χ0n) is 20.0. The Morgan fingerprint density at radius 2 is 1.61 bits per heavy atom. The molecule has 1 amide bonds. The van der Waals surface area contributed by atoms with Gasteiger partial charge in [0.2, 0.25) is 0 Å². The molecule has 4 heteroatoms. The average Bonchev–Trinajstić information content (AvgIpc) is 3.17. The number of aromatic nitrogens is 2. The van der Waals surface area contributed by atoms with Crippen molar-refractivity contribution in [3.8, 4) is 0 Å². The molecule has 1 heterocycles. The van der Waals surface area contributed by atoms with Gasteiger partial charge < -0.3 is 9.88 Å². The maximum absolute atomic E-state index is 13.0. The summed E-state index contributed by atoms with van der Waals surface area (Å²) in [5.74, 6) is 0.837. The first kappa shape index (κ1) is 22.8. The molecule has 33 heavy (non-hydrogen) atoms. The van der Waals surface area contributed by atoms with Crippen molar-refractivity contribution >= 4 is 16.9 Å². The molecule has 1 atom stereocenters. The van der Waals surface area contributed by atoms with E-state index in [0.717, 1.165) is 29.7 Å². The summed E-state index contributed by atoms with van der Waals surface area (Å²) in [5.41, 5.74) is 5.37. The molecule has 4 nitrogen and oxygen atoms in total. The predicted octanol–water partition coefficient (Wildman–Crippen LogP) is 6.65. The van der Waals surface area contributed by atoms with Crippen LogP contribution < -0.4 is 5.32 Å². The van der Waals surface area contributed by atoms with Crippen LogP contribution in [-0.4, -0.2) is 15.5 Å². The molecular weight excluding hydrogens is 406 g/mol. The summed E-state index contributed by atoms with van der Waals surface area (Å²) in [4.78, 5) is 18.0. The number of para-hydroxylation sites is 2. The molecule has 170 valence electrons. The molecule has 0 aliphatic heterocycles. The number of nitrogens with zero attached hydrogens (tertiary/aromatic N) is 2. The lowest BCUT2D eigenvalue weighted by molar-refractivity contribution is 0.0932. The standard InChI is InChI=1S/C29H33N3O/c1-5-11-25(31-28(33)22-12-7-6-8-13-22)27-30-24-14-9-10-15-26(24)32(27)20-21-16-18-23(19-17-21)29(2,3)4/h6-10,12-19,25H,5,11,20H2,1-4H3,(H,31,33)/t25-/m1/s1. The van der Waals surface area contributed by atoms with Crippen molar-refractivity contribution in [1.29, 1.82) is 0 Å². The lowest BCUT2D eigenvalue weighted by Gasteiger charge is -2.21. The van der Waals surface area contributed by atoms with Gasteiger partial charge in [-0.1, -0.05) is 88.7 Å². The number of nitrogens with one attached hydrogen (secondary N) is 1. The highest BCUT2D eigenvalue weighted by Crippen LogP contribution is 2.27. The highest BCUT2D eigenvalue weighted by molar-refractivity contribution is 5.94. The first-order valence-corrected chi connectivity index (χ1v) is 11.8. The first-order chi connectivity index (χ1) is 15.9. The van der Waals surface area contributed by atoms with Gasteiger partial charge in [-0.3, -0.25) is 4.79 Å². The minimum atomic E-state index is -0.163. The Labute approximate surface area is 196 Å². The second-order valence-corrected chi connectivity index (χ2v) is 9.67. The fraction of sp³-hybridized carbons (Fsp3) is 0.310. The zero-order valence-corrected chi connectivity index (χ0v) is 20.0. The Kier molecular flexibility index (Phi) is 6.64. The number of rotatable bonds is 7. The summed E-state index contributed by atoms with van der Waals surface area (Å²) < 4.78 is 2.26. The van der Waals surface area contributed by atoms with Crippen LogP contribution >= 0.6 is 0 Å². The number of fused-ring (bicyclic) bond motifs is 1. The van der Waals surface area contributed by atoms with E-state index in [1.54, 1.807) is 0 Å². The topological polar surface area (TPSA) is 46.9 Å². The number of hydrogen-bond donors (Lipinski definition) is 1. The normalized spacial score (nSPS) is 12.6. The van der Waals surface area contributed by atoms with Gasteiger partial charge in [-0.15, -0.1) is 0 Å². The van der Waals surface area contributed by atoms with Crippen molar-refractivity contribution in [2.75, 3.05) is 0 Å². The lowest BCUT2D eigenvalue weighted by atomic mass is 9.87. The maximum Gasteiger partial charge on any atom is 0.251 e. The second kappa shape index (κ2) is 9.62. The van der Waals surface area contributed by atoms with E-state index in [2.05, 4.69) is 67.9 Å². The van der Waals surface area contributed by atoms with E-state index in [1.807, 2.05) is 48.5 Å². The zero-order chi connectivity index (χ0) is 23.4. The van der Waals surface area contributed by atoms with Crippen LogP contribution in [0.3, 0.4) is 0 Å². The second-order valence-electron chi connectivity index (χ2n) is 9.67. The molecule has 0 aliphatic carbocycles. The minimum Gasteiger partial charge on any atom is -0.342 e. The van der Waals surface area contributed by atoms with Crippen LogP contribution in [0.25, 0.3) is 11.0 Å². The monoisotopic (exact) mass is 439 g/mol. The molecule has 1 N–H and O–H groups in total. The molecule has 0 spiro atoms. The third-order valence-corrected chi connectivity index (χ3v) is 6.08. The van der Waals surface area contributed by atoms with Gasteiger partial charge in [0.05, 0.1) is 17.1 Å². The molecule has 0 unspecified atom stereocenters. The molecule has 1 aromatic heterocycles. The van der Waals surface area contributed by atoms with Crippen LogP contribution in [-0.2, 0) is 12.0 Å². The minimum absolute atomic E-state index is 0.0674. The fourth-order valence-corrected chi connectivity index (χ4v) is 4.20. The highest BCUT2D eigenvalue weighted by atomic mass is 16.1. The summed E-state index contributed by atoms with van der Waals surface area (Å²) in [6.45, 7) is 9.54. The van der Waals surface area contributed by atoms with Crippen molar-refractivity contribution in [3.63, 3.8) is 0 Å². The molecule has 3 aromatic carbocycles. The van der Waals surface area contributed by atoms with Crippen molar-refractivity contribution < 1.29 is 4.79 Å². The quantitative estimate of drug-likeness (QED) is 0.350. The van der Waals surface area contributed by atoms with E-state index >= 15 is 0 Å². The average molecular weight is 440 g/mol. The van der Waals surface area contributed by atoms with E-state index in [9.17, 15) is 4.79 Å². The van der Waals surface area contributed by atoms with Crippen LogP contribution in [0.4, 0.5) is 0 Å². The van der Waals surface area contributed by atoms with Gasteiger partial charge in [0.15, 0.2) is 0 Å². The van der Waals surface area contributed by atoms with Gasteiger partial charge in [0.1, 0.15) is 5.82 Å². The van der Waals surface area contributed by atoms with Crippen LogP contribution in [0.15, 0.2) is 78.9 Å². The molecule has 4 aromatic rings. The van der Waals surface area contributed by atoms with Crippen molar-refractivity contribution in [1.82, 2.24) is 14.9 Å². The molecule has 0 fully saturated rings. The summed E-state index contributed by atoms with van der Waals surface area (Å²) in [6, 6.07) is 26.3. The van der Waals surface area contributed by atoms with E-state index in [-0.39, 0.29) is 17.4 Å². The smallest absolute Gasteiger partial charge is 0.251 e. The third kappa shape index (κ3) is 5.16. The molecule has 0 bridgehead atoms. The Bertz CT molecular complexity index is 1220. The van der Waals surface area contributed by atoms with E-state index < -0.39 is 0 Å². The molecule has 4 rings (SSSR count). The Morgan fingerprint density at radius 1 is 0.939 bits per heavy atom. The molecule has 0 aliphatic rings. The number of carbonyl (C=O) groups excluding carboxylic acids is 1. The summed E-state index contributed by atoms with van der Waals surface area (Å²) in [7, 11) is 0. The van der Waals surface area contributed by atoms with Crippen LogP contribution in [0.5, 0.6) is 0 Å². The van der Waals surface area contributed by atoms with Crippen LogP contribution in [0, 0.1) is 0 Å². The van der Waals surface area contributed by atoms with E-state index in [1.165, 1.54) is 11.1 Å². The number of imidazole rings is 1. The van der Waals surface area contributed by atoms with Gasteiger partial charge >= 0.3 is 0 Å². The summed E-state index contributed by atoms with van der Waals surface area (Å²) in [5, 5.41) is 3.24. The predicted molar refractivity (Wildman–Crippen MR) is 136 cm³/mol. The maximum atomic E-state index is 13.0.